The van der Waals surface area contributed by atoms with Crippen LogP contribution in [0, 0.1) is 0 Å². The molecule has 0 aliphatic rings. The molecule has 1 aromatic carbocycles. The Morgan fingerprint density at radius 1 is 1.32 bits per heavy atom. The molecule has 2 N–H and O–H groups in total. The van der Waals surface area contributed by atoms with Crippen molar-refractivity contribution in [1.29, 1.82) is 0 Å². The fourth-order valence-corrected chi connectivity index (χ4v) is 2.58. The molecular weight excluding hydrogens is 270 g/mol. The summed E-state index contributed by atoms with van der Waals surface area (Å²) in [4.78, 5) is 2.32. The van der Waals surface area contributed by atoms with Crippen LogP contribution in [0.1, 0.15) is 24.0 Å². The van der Waals surface area contributed by atoms with E-state index >= 15 is 0 Å². The van der Waals surface area contributed by atoms with Gasteiger partial charge in [0.1, 0.15) is 0 Å². The number of hydrogen-bond acceptors (Lipinski definition) is 3. The molecule has 0 aliphatic heterocycles. The molecule has 0 heterocycles. The fraction of sp³-hybridized carbons (Fsp3) is 0.368. The molecule has 3 heteroatoms. The van der Waals surface area contributed by atoms with Gasteiger partial charge in [-0.25, -0.2) is 0 Å². The van der Waals surface area contributed by atoms with Crippen LogP contribution in [-0.2, 0) is 6.54 Å². The van der Waals surface area contributed by atoms with E-state index in [-0.39, 0.29) is 6.04 Å². The highest BCUT2D eigenvalue weighted by atomic mass is 15.1. The van der Waals surface area contributed by atoms with Gasteiger partial charge >= 0.3 is 0 Å². The zero-order chi connectivity index (χ0) is 16.5. The maximum Gasteiger partial charge on any atom is 0.0492 e. The van der Waals surface area contributed by atoms with Crippen molar-refractivity contribution in [2.75, 3.05) is 26.5 Å². The third-order valence-electron chi connectivity index (χ3n) is 3.97. The monoisotopic (exact) mass is 299 g/mol. The van der Waals surface area contributed by atoms with Crippen molar-refractivity contribution in [2.24, 2.45) is 0 Å². The number of hydrogen-bond donors (Lipinski definition) is 2. The van der Waals surface area contributed by atoms with Crippen molar-refractivity contribution in [3.05, 3.63) is 60.8 Å². The summed E-state index contributed by atoms with van der Waals surface area (Å²) in [6.07, 6.45) is 5.85. The van der Waals surface area contributed by atoms with Crippen LogP contribution in [0.15, 0.2) is 49.7 Å². The summed E-state index contributed by atoms with van der Waals surface area (Å²) in [5.74, 6) is 0. The maximum atomic E-state index is 4.15. The van der Waals surface area contributed by atoms with Gasteiger partial charge in [0, 0.05) is 38.1 Å². The minimum Gasteiger partial charge on any atom is -0.391 e. The van der Waals surface area contributed by atoms with Gasteiger partial charge in [0.05, 0.1) is 0 Å². The van der Waals surface area contributed by atoms with Crippen molar-refractivity contribution in [1.82, 2.24) is 10.2 Å². The smallest absolute Gasteiger partial charge is 0.0492 e. The number of allylic oxidation sites excluding steroid dienone is 1. The summed E-state index contributed by atoms with van der Waals surface area (Å²) in [6, 6.07) is 6.63. The molecule has 0 spiro atoms. The molecular formula is C19H29N3. The van der Waals surface area contributed by atoms with Crippen molar-refractivity contribution >= 4 is 11.8 Å². The van der Waals surface area contributed by atoms with E-state index in [1.807, 2.05) is 26.2 Å². The SMILES string of the molecule is C=CCCC(C(=C)NC)N(C)Cc1cc(NC)ccc1C=C. The topological polar surface area (TPSA) is 27.3 Å². The van der Waals surface area contributed by atoms with Gasteiger partial charge < -0.3 is 10.6 Å². The van der Waals surface area contributed by atoms with E-state index in [4.69, 9.17) is 0 Å². The first kappa shape index (κ1) is 18.1. The van der Waals surface area contributed by atoms with E-state index in [9.17, 15) is 0 Å². The lowest BCUT2D eigenvalue weighted by atomic mass is 10.0. The predicted octanol–water partition coefficient (Wildman–Crippen LogP) is 3.87. The van der Waals surface area contributed by atoms with Gasteiger partial charge in [-0.3, -0.25) is 4.90 Å². The van der Waals surface area contributed by atoms with Crippen LogP contribution in [0.5, 0.6) is 0 Å². The van der Waals surface area contributed by atoms with Gasteiger partial charge in [0.15, 0.2) is 0 Å². The van der Waals surface area contributed by atoms with Crippen molar-refractivity contribution < 1.29 is 0 Å². The first-order chi connectivity index (χ1) is 10.6. The summed E-state index contributed by atoms with van der Waals surface area (Å²) in [5, 5.41) is 6.38. The molecule has 0 aromatic heterocycles. The first-order valence-electron chi connectivity index (χ1n) is 7.68. The van der Waals surface area contributed by atoms with Crippen molar-refractivity contribution in [3.63, 3.8) is 0 Å². The Labute approximate surface area is 135 Å². The number of likely N-dealkylation sites (N-methyl/N-ethyl adjacent to an activating group) is 2. The van der Waals surface area contributed by atoms with Gasteiger partial charge in [-0.15, -0.1) is 6.58 Å². The van der Waals surface area contributed by atoms with E-state index in [0.29, 0.717) is 0 Å². The summed E-state index contributed by atoms with van der Waals surface area (Å²) in [7, 11) is 6.00. The van der Waals surface area contributed by atoms with Gasteiger partial charge in [-0.2, -0.15) is 0 Å². The first-order valence-corrected chi connectivity index (χ1v) is 7.68. The maximum absolute atomic E-state index is 4.15. The third-order valence-corrected chi connectivity index (χ3v) is 3.97. The Bertz CT molecular complexity index is 519. The molecule has 0 radical (unpaired) electrons. The normalized spacial score (nSPS) is 11.8. The second kappa shape index (κ2) is 9.11. The van der Waals surface area contributed by atoms with E-state index in [1.54, 1.807) is 0 Å². The summed E-state index contributed by atoms with van der Waals surface area (Å²) in [5.41, 5.74) is 4.58. The lowest BCUT2D eigenvalue weighted by Crippen LogP contribution is -2.36. The highest BCUT2D eigenvalue weighted by molar-refractivity contribution is 5.58. The van der Waals surface area contributed by atoms with Crippen LogP contribution < -0.4 is 10.6 Å². The van der Waals surface area contributed by atoms with Crippen LogP contribution in [0.2, 0.25) is 0 Å². The number of anilines is 1. The van der Waals surface area contributed by atoms with Crippen LogP contribution in [0.4, 0.5) is 5.69 Å². The molecule has 0 bridgehead atoms. The summed E-state index contributed by atoms with van der Waals surface area (Å²) < 4.78 is 0. The molecule has 1 atom stereocenters. The highest BCUT2D eigenvalue weighted by Crippen LogP contribution is 2.21. The lowest BCUT2D eigenvalue weighted by molar-refractivity contribution is 0.246. The second-order valence-electron chi connectivity index (χ2n) is 5.44. The van der Waals surface area contributed by atoms with Crippen molar-refractivity contribution in [2.45, 2.75) is 25.4 Å². The Morgan fingerprint density at radius 2 is 2.05 bits per heavy atom. The molecule has 0 saturated carbocycles. The van der Waals surface area contributed by atoms with Gasteiger partial charge in [0.2, 0.25) is 0 Å². The van der Waals surface area contributed by atoms with Crippen LogP contribution in [0.25, 0.3) is 6.08 Å². The van der Waals surface area contributed by atoms with E-state index < -0.39 is 0 Å². The average Bonchev–Trinajstić information content (AvgIpc) is 2.54. The third kappa shape index (κ3) is 4.78. The van der Waals surface area contributed by atoms with E-state index in [0.717, 1.165) is 30.8 Å². The van der Waals surface area contributed by atoms with Gasteiger partial charge in [-0.1, -0.05) is 31.4 Å². The number of rotatable bonds is 10. The molecule has 120 valence electrons. The second-order valence-corrected chi connectivity index (χ2v) is 5.44. The van der Waals surface area contributed by atoms with Crippen LogP contribution >= 0.6 is 0 Å². The molecule has 22 heavy (non-hydrogen) atoms. The average molecular weight is 299 g/mol. The van der Waals surface area contributed by atoms with E-state index in [2.05, 4.69) is 60.5 Å². The molecule has 1 unspecified atom stereocenters. The van der Waals surface area contributed by atoms with Crippen LogP contribution in [0.3, 0.4) is 0 Å². The molecule has 1 aromatic rings. The quantitative estimate of drug-likeness (QED) is 0.642. The predicted molar refractivity (Wildman–Crippen MR) is 99.0 cm³/mol. The zero-order valence-corrected chi connectivity index (χ0v) is 14.2. The Kier molecular flexibility index (Phi) is 7.47. The number of nitrogens with zero attached hydrogens (tertiary/aromatic N) is 1. The molecule has 0 fully saturated rings. The molecule has 0 aliphatic carbocycles. The molecule has 1 rings (SSSR count). The van der Waals surface area contributed by atoms with Gasteiger partial charge in [0.25, 0.3) is 0 Å². The Balaban J connectivity index is 2.96. The van der Waals surface area contributed by atoms with E-state index in [1.165, 1.54) is 11.1 Å². The lowest BCUT2D eigenvalue weighted by Gasteiger charge is -2.30. The Hall–Kier alpha value is -2.00. The van der Waals surface area contributed by atoms with Gasteiger partial charge in [-0.05, 0) is 43.1 Å². The highest BCUT2D eigenvalue weighted by Gasteiger charge is 2.18. The summed E-state index contributed by atoms with van der Waals surface area (Å²) >= 11 is 0. The Morgan fingerprint density at radius 3 is 2.59 bits per heavy atom. The number of benzene rings is 1. The van der Waals surface area contributed by atoms with Crippen molar-refractivity contribution in [3.8, 4) is 0 Å². The standard InChI is InChI=1S/C19H29N3/c1-7-9-10-19(15(3)20-4)22(6)14-17-13-18(21-5)12-11-16(17)8-2/h7-8,11-13,19-21H,1-3,9-10,14H2,4-6H3. The minimum absolute atomic E-state index is 0.277. The van der Waals surface area contributed by atoms with Crippen LogP contribution in [-0.4, -0.2) is 32.1 Å². The fourth-order valence-electron chi connectivity index (χ4n) is 2.58. The molecule has 0 saturated heterocycles. The zero-order valence-electron chi connectivity index (χ0n) is 14.2. The number of nitrogens with one attached hydrogen (secondary N) is 2. The largest absolute Gasteiger partial charge is 0.391 e. The molecule has 3 nitrogen and oxygen atoms in total. The molecule has 0 amide bonds. The minimum atomic E-state index is 0.277. The summed E-state index contributed by atoms with van der Waals surface area (Å²) in [6.45, 7) is 12.7.